The molecule has 0 unspecified atom stereocenters. The number of para-hydroxylation sites is 2. The highest BCUT2D eigenvalue weighted by molar-refractivity contribution is 5.78. The zero-order chi connectivity index (χ0) is 21.9. The van der Waals surface area contributed by atoms with Crippen molar-refractivity contribution in [2.45, 2.75) is 19.5 Å². The minimum Gasteiger partial charge on any atom is -0.454 e. The predicted octanol–water partition coefficient (Wildman–Crippen LogP) is 1.67. The van der Waals surface area contributed by atoms with E-state index >= 15 is 0 Å². The van der Waals surface area contributed by atoms with Gasteiger partial charge in [-0.1, -0.05) is 18.2 Å². The molecule has 1 fully saturated rings. The lowest BCUT2D eigenvalue weighted by Gasteiger charge is -2.28. The number of fused-ring (bicyclic) bond motifs is 2. The van der Waals surface area contributed by atoms with E-state index in [0.717, 1.165) is 16.6 Å². The van der Waals surface area contributed by atoms with Gasteiger partial charge in [-0.25, -0.2) is 4.98 Å². The molecular weight excluding hydrogens is 412 g/mol. The molecule has 1 aromatic heterocycles. The van der Waals surface area contributed by atoms with Gasteiger partial charge in [0.25, 0.3) is 5.56 Å². The van der Waals surface area contributed by atoms with Crippen molar-refractivity contribution in [1.82, 2.24) is 14.9 Å². The van der Waals surface area contributed by atoms with Gasteiger partial charge in [0.05, 0.1) is 24.2 Å². The SMILES string of the molecule is O=C(CCn1c(=O)c(N2CCOCC2)nc2ccccc21)NCc1ccc2c(c1)OCO2. The summed E-state index contributed by atoms with van der Waals surface area (Å²) < 4.78 is 17.7. The van der Waals surface area contributed by atoms with Crippen molar-refractivity contribution in [1.29, 1.82) is 0 Å². The standard InChI is InChI=1S/C23H24N4O5/c28-21(24-14-16-5-6-19-20(13-16)32-15-31-19)7-8-27-18-4-2-1-3-17(18)25-22(23(27)29)26-9-11-30-12-10-26/h1-6,13H,7-12,14-15H2,(H,24,28). The molecule has 1 saturated heterocycles. The van der Waals surface area contributed by atoms with Crippen LogP contribution in [0.4, 0.5) is 5.82 Å². The lowest BCUT2D eigenvalue weighted by molar-refractivity contribution is -0.121. The van der Waals surface area contributed by atoms with Gasteiger partial charge in [0.2, 0.25) is 12.7 Å². The molecule has 0 saturated carbocycles. The minimum atomic E-state index is -0.186. The van der Waals surface area contributed by atoms with E-state index in [9.17, 15) is 9.59 Å². The first-order chi connectivity index (χ1) is 15.7. The maximum atomic E-state index is 13.2. The fraction of sp³-hybridized carbons (Fsp3) is 0.348. The topological polar surface area (TPSA) is 94.9 Å². The van der Waals surface area contributed by atoms with Crippen LogP contribution in [0.2, 0.25) is 0 Å². The largest absolute Gasteiger partial charge is 0.454 e. The first-order valence-corrected chi connectivity index (χ1v) is 10.7. The summed E-state index contributed by atoms with van der Waals surface area (Å²) >= 11 is 0. The van der Waals surface area contributed by atoms with Gasteiger partial charge in [-0.2, -0.15) is 0 Å². The van der Waals surface area contributed by atoms with Crippen LogP contribution in [-0.2, 0) is 22.6 Å². The maximum absolute atomic E-state index is 13.2. The molecule has 9 heteroatoms. The number of hydrogen-bond donors (Lipinski definition) is 1. The van der Waals surface area contributed by atoms with Crippen LogP contribution in [0.15, 0.2) is 47.3 Å². The smallest absolute Gasteiger partial charge is 0.294 e. The van der Waals surface area contributed by atoms with E-state index in [2.05, 4.69) is 10.3 Å². The normalized spacial score (nSPS) is 15.2. The van der Waals surface area contributed by atoms with Crippen molar-refractivity contribution in [3.8, 4) is 11.5 Å². The molecule has 1 amide bonds. The highest BCUT2D eigenvalue weighted by atomic mass is 16.7. The summed E-state index contributed by atoms with van der Waals surface area (Å²) in [5.74, 6) is 1.67. The number of nitrogens with zero attached hydrogens (tertiary/aromatic N) is 3. The number of amides is 1. The molecular formula is C23H24N4O5. The first-order valence-electron chi connectivity index (χ1n) is 10.7. The van der Waals surface area contributed by atoms with Crippen LogP contribution in [0.5, 0.6) is 11.5 Å². The van der Waals surface area contributed by atoms with Gasteiger partial charge in [0, 0.05) is 32.6 Å². The van der Waals surface area contributed by atoms with Crippen LogP contribution in [0.25, 0.3) is 11.0 Å². The van der Waals surface area contributed by atoms with Gasteiger partial charge in [-0.05, 0) is 29.8 Å². The van der Waals surface area contributed by atoms with Gasteiger partial charge >= 0.3 is 0 Å². The number of aryl methyl sites for hydroxylation is 1. The summed E-state index contributed by atoms with van der Waals surface area (Å²) in [7, 11) is 0. The molecule has 3 heterocycles. The fourth-order valence-corrected chi connectivity index (χ4v) is 3.94. The Balaban J connectivity index is 1.30. The number of hydrogen-bond acceptors (Lipinski definition) is 7. The zero-order valence-corrected chi connectivity index (χ0v) is 17.6. The Morgan fingerprint density at radius 1 is 1.06 bits per heavy atom. The number of carbonyl (C=O) groups is 1. The number of morpholine rings is 1. The lowest BCUT2D eigenvalue weighted by Crippen LogP contribution is -2.41. The predicted molar refractivity (Wildman–Crippen MR) is 118 cm³/mol. The van der Waals surface area contributed by atoms with E-state index < -0.39 is 0 Å². The van der Waals surface area contributed by atoms with Crippen LogP contribution in [-0.4, -0.2) is 48.6 Å². The monoisotopic (exact) mass is 436 g/mol. The number of nitrogens with one attached hydrogen (secondary N) is 1. The molecule has 9 nitrogen and oxygen atoms in total. The third-order valence-electron chi connectivity index (χ3n) is 5.64. The average Bonchev–Trinajstić information content (AvgIpc) is 3.30. The van der Waals surface area contributed by atoms with Gasteiger partial charge in [-0.3, -0.25) is 9.59 Å². The number of ether oxygens (including phenoxy) is 3. The third kappa shape index (κ3) is 4.11. The van der Waals surface area contributed by atoms with Crippen molar-refractivity contribution >= 4 is 22.8 Å². The second-order valence-electron chi connectivity index (χ2n) is 7.69. The summed E-state index contributed by atoms with van der Waals surface area (Å²) in [6, 6.07) is 13.1. The molecule has 2 aromatic carbocycles. The van der Waals surface area contributed by atoms with E-state index in [1.54, 1.807) is 4.57 Å². The molecule has 5 rings (SSSR count). The lowest BCUT2D eigenvalue weighted by atomic mass is 10.2. The summed E-state index contributed by atoms with van der Waals surface area (Å²) in [5.41, 5.74) is 2.19. The number of benzene rings is 2. The highest BCUT2D eigenvalue weighted by Crippen LogP contribution is 2.32. The second kappa shape index (κ2) is 8.88. The fourth-order valence-electron chi connectivity index (χ4n) is 3.94. The third-order valence-corrected chi connectivity index (χ3v) is 5.64. The van der Waals surface area contributed by atoms with E-state index in [1.165, 1.54) is 0 Å². The molecule has 166 valence electrons. The second-order valence-corrected chi connectivity index (χ2v) is 7.69. The quantitative estimate of drug-likeness (QED) is 0.628. The molecule has 1 N–H and O–H groups in total. The van der Waals surface area contributed by atoms with Crippen molar-refractivity contribution in [3.05, 3.63) is 58.4 Å². The van der Waals surface area contributed by atoms with Gasteiger partial charge in [0.15, 0.2) is 17.3 Å². The molecule has 0 bridgehead atoms. The molecule has 0 radical (unpaired) electrons. The summed E-state index contributed by atoms with van der Waals surface area (Å²) in [6.45, 7) is 3.23. The number of carbonyl (C=O) groups excluding carboxylic acids is 1. The highest BCUT2D eigenvalue weighted by Gasteiger charge is 2.20. The Morgan fingerprint density at radius 2 is 1.88 bits per heavy atom. The minimum absolute atomic E-state index is 0.136. The first kappa shape index (κ1) is 20.3. The van der Waals surface area contributed by atoms with Gasteiger partial charge < -0.3 is 29.0 Å². The summed E-state index contributed by atoms with van der Waals surface area (Å²) in [5, 5.41) is 2.91. The van der Waals surface area contributed by atoms with Crippen LogP contribution in [0.3, 0.4) is 0 Å². The van der Waals surface area contributed by atoms with Crippen LogP contribution in [0.1, 0.15) is 12.0 Å². The molecule has 0 aliphatic carbocycles. The molecule has 3 aromatic rings. The zero-order valence-electron chi connectivity index (χ0n) is 17.6. The van der Waals surface area contributed by atoms with Crippen molar-refractivity contribution in [2.75, 3.05) is 38.0 Å². The van der Waals surface area contributed by atoms with Crippen LogP contribution < -0.4 is 25.2 Å². The van der Waals surface area contributed by atoms with Crippen molar-refractivity contribution in [2.24, 2.45) is 0 Å². The molecule has 2 aliphatic heterocycles. The number of rotatable bonds is 6. The Morgan fingerprint density at radius 3 is 2.75 bits per heavy atom. The van der Waals surface area contributed by atoms with E-state index in [-0.39, 0.29) is 31.2 Å². The van der Waals surface area contributed by atoms with Gasteiger partial charge in [0.1, 0.15) is 0 Å². The maximum Gasteiger partial charge on any atom is 0.294 e. The number of aromatic nitrogens is 2. The average molecular weight is 436 g/mol. The molecule has 0 spiro atoms. The summed E-state index contributed by atoms with van der Waals surface area (Å²) in [6.07, 6.45) is 0.182. The van der Waals surface area contributed by atoms with Crippen molar-refractivity contribution < 1.29 is 19.0 Å². The van der Waals surface area contributed by atoms with Crippen LogP contribution >= 0.6 is 0 Å². The van der Waals surface area contributed by atoms with Gasteiger partial charge in [-0.15, -0.1) is 0 Å². The Labute approximate surface area is 184 Å². The molecule has 2 aliphatic rings. The van der Waals surface area contributed by atoms with E-state index in [1.807, 2.05) is 47.4 Å². The Kier molecular flexibility index (Phi) is 5.64. The van der Waals surface area contributed by atoms with E-state index in [4.69, 9.17) is 14.2 Å². The number of anilines is 1. The Hall–Kier alpha value is -3.59. The van der Waals surface area contributed by atoms with Crippen LogP contribution in [0, 0.1) is 0 Å². The molecule has 0 atom stereocenters. The molecule has 32 heavy (non-hydrogen) atoms. The van der Waals surface area contributed by atoms with E-state index in [0.29, 0.717) is 50.2 Å². The van der Waals surface area contributed by atoms with Crippen molar-refractivity contribution in [3.63, 3.8) is 0 Å². The Bertz CT molecular complexity index is 1200. The summed E-state index contributed by atoms with van der Waals surface area (Å²) in [4.78, 5) is 32.3.